The highest BCUT2D eigenvalue weighted by molar-refractivity contribution is 7.13. The minimum Gasteiger partial charge on any atom is -0.478 e. The fourth-order valence-corrected chi connectivity index (χ4v) is 2.28. The Hall–Kier alpha value is -2.22. The smallest absolute Gasteiger partial charge is 0.344 e. The summed E-state index contributed by atoms with van der Waals surface area (Å²) in [6.45, 7) is 3.46. The lowest BCUT2D eigenvalue weighted by Gasteiger charge is -2.12. The molecule has 0 spiro atoms. The Bertz CT molecular complexity index is 704. The molecular formula is C15H16F2N2O3S. The molecule has 0 fully saturated rings. The van der Waals surface area contributed by atoms with Crippen LogP contribution in [0.4, 0.5) is 13.9 Å². The minimum atomic E-state index is -1.19. The van der Waals surface area contributed by atoms with Gasteiger partial charge in [-0.15, -0.1) is 11.3 Å². The van der Waals surface area contributed by atoms with Crippen molar-refractivity contribution in [2.75, 3.05) is 18.9 Å². The van der Waals surface area contributed by atoms with Gasteiger partial charge >= 0.3 is 5.97 Å². The summed E-state index contributed by atoms with van der Waals surface area (Å²) in [7, 11) is 0. The molecule has 23 heavy (non-hydrogen) atoms. The van der Waals surface area contributed by atoms with Gasteiger partial charge in [-0.3, -0.25) is 0 Å². The predicted molar refractivity (Wildman–Crippen MR) is 83.2 cm³/mol. The fraction of sp³-hybridized carbons (Fsp3) is 0.333. The Morgan fingerprint density at radius 2 is 2.13 bits per heavy atom. The highest BCUT2D eigenvalue weighted by Crippen LogP contribution is 2.34. The van der Waals surface area contributed by atoms with Crippen LogP contribution in [0.3, 0.4) is 0 Å². The van der Waals surface area contributed by atoms with Crippen LogP contribution >= 0.6 is 11.3 Å². The average Bonchev–Trinajstić information content (AvgIpc) is 2.92. The molecule has 0 saturated carbocycles. The number of hydrogen-bond donors (Lipinski definition) is 1. The van der Waals surface area contributed by atoms with Crippen molar-refractivity contribution in [2.24, 2.45) is 5.92 Å². The van der Waals surface area contributed by atoms with Gasteiger partial charge in [0.05, 0.1) is 12.3 Å². The molecule has 0 aliphatic heterocycles. The van der Waals surface area contributed by atoms with Crippen molar-refractivity contribution in [1.29, 1.82) is 0 Å². The summed E-state index contributed by atoms with van der Waals surface area (Å²) < 4.78 is 37.5. The van der Waals surface area contributed by atoms with Gasteiger partial charge < -0.3 is 15.2 Å². The van der Waals surface area contributed by atoms with Crippen molar-refractivity contribution < 1.29 is 23.0 Å². The van der Waals surface area contributed by atoms with Crippen LogP contribution < -0.4 is 10.5 Å². The van der Waals surface area contributed by atoms with Crippen LogP contribution in [0, 0.1) is 17.6 Å². The van der Waals surface area contributed by atoms with Crippen LogP contribution in [-0.4, -0.2) is 24.2 Å². The number of carbonyl (C=O) groups is 1. The van der Waals surface area contributed by atoms with E-state index < -0.39 is 30.0 Å². The molecule has 0 saturated heterocycles. The third kappa shape index (κ3) is 4.38. The number of carbonyl (C=O) groups excluding carboxylic acids is 1. The van der Waals surface area contributed by atoms with E-state index in [1.54, 1.807) is 5.38 Å². The van der Waals surface area contributed by atoms with Crippen molar-refractivity contribution in [3.05, 3.63) is 29.1 Å². The molecule has 0 bridgehead atoms. The summed E-state index contributed by atoms with van der Waals surface area (Å²) in [5, 5.41) is 1.87. The molecular weight excluding hydrogens is 326 g/mol. The average molecular weight is 342 g/mol. The van der Waals surface area contributed by atoms with E-state index in [4.69, 9.17) is 15.2 Å². The molecule has 0 atom stereocenters. The van der Waals surface area contributed by atoms with Gasteiger partial charge in [-0.1, -0.05) is 13.8 Å². The number of rotatable bonds is 6. The Kier molecular flexibility index (Phi) is 5.49. The Morgan fingerprint density at radius 1 is 1.39 bits per heavy atom. The molecule has 0 amide bonds. The normalized spacial score (nSPS) is 10.8. The summed E-state index contributed by atoms with van der Waals surface area (Å²) in [6.07, 6.45) is 0. The predicted octanol–water partition coefficient (Wildman–Crippen LogP) is 3.25. The zero-order valence-electron chi connectivity index (χ0n) is 12.6. The standard InChI is InChI=1S/C15H16F2N2O3S/c1-8(2)5-21-12(20)6-22-14-9(3-4-10(16)13(14)17)11-7-23-15(18)19-11/h3-4,7-8H,5-6H2,1-2H3,(H2,18,19). The number of halogens is 2. The first-order chi connectivity index (χ1) is 10.9. The largest absolute Gasteiger partial charge is 0.478 e. The molecule has 2 rings (SSSR count). The number of esters is 1. The van der Waals surface area contributed by atoms with E-state index in [1.807, 2.05) is 13.8 Å². The Morgan fingerprint density at radius 3 is 2.74 bits per heavy atom. The zero-order chi connectivity index (χ0) is 17.0. The van der Waals surface area contributed by atoms with Crippen LogP contribution in [0.1, 0.15) is 13.8 Å². The van der Waals surface area contributed by atoms with Crippen molar-refractivity contribution in [2.45, 2.75) is 13.8 Å². The number of aromatic nitrogens is 1. The quantitative estimate of drug-likeness (QED) is 0.816. The van der Waals surface area contributed by atoms with Gasteiger partial charge in [0.15, 0.2) is 23.3 Å². The van der Waals surface area contributed by atoms with Crippen LogP contribution in [-0.2, 0) is 9.53 Å². The van der Waals surface area contributed by atoms with Crippen molar-refractivity contribution in [1.82, 2.24) is 4.98 Å². The maximum atomic E-state index is 14.0. The van der Waals surface area contributed by atoms with E-state index in [0.29, 0.717) is 5.69 Å². The molecule has 2 aromatic rings. The van der Waals surface area contributed by atoms with Crippen LogP contribution in [0.5, 0.6) is 5.75 Å². The molecule has 1 aromatic carbocycles. The molecule has 124 valence electrons. The van der Waals surface area contributed by atoms with Crippen LogP contribution in [0.15, 0.2) is 17.5 Å². The van der Waals surface area contributed by atoms with E-state index in [1.165, 1.54) is 6.07 Å². The lowest BCUT2D eigenvalue weighted by molar-refractivity contribution is -0.147. The Balaban J connectivity index is 2.19. The summed E-state index contributed by atoms with van der Waals surface area (Å²) in [5.41, 5.74) is 6.11. The molecule has 1 aromatic heterocycles. The minimum absolute atomic E-state index is 0.165. The molecule has 0 radical (unpaired) electrons. The van der Waals surface area contributed by atoms with Gasteiger partial charge in [-0.2, -0.15) is 4.39 Å². The summed E-state index contributed by atoms with van der Waals surface area (Å²) in [4.78, 5) is 15.6. The number of anilines is 1. The van der Waals surface area contributed by atoms with Gasteiger partial charge in [-0.05, 0) is 18.1 Å². The topological polar surface area (TPSA) is 74.4 Å². The highest BCUT2D eigenvalue weighted by atomic mass is 32.1. The maximum absolute atomic E-state index is 14.0. The molecule has 1 heterocycles. The maximum Gasteiger partial charge on any atom is 0.344 e. The number of thiazole rings is 1. The second-order valence-corrected chi connectivity index (χ2v) is 6.06. The SMILES string of the molecule is CC(C)COC(=O)COc1c(-c2csc(N)n2)ccc(F)c1F. The molecule has 0 unspecified atom stereocenters. The molecule has 5 nitrogen and oxygen atoms in total. The zero-order valence-corrected chi connectivity index (χ0v) is 13.5. The first kappa shape index (κ1) is 17.1. The summed E-state index contributed by atoms with van der Waals surface area (Å²) in [5.74, 6) is -3.16. The number of benzene rings is 1. The third-order valence-electron chi connectivity index (χ3n) is 2.76. The highest BCUT2D eigenvalue weighted by Gasteiger charge is 2.19. The van der Waals surface area contributed by atoms with Crippen LogP contribution in [0.2, 0.25) is 0 Å². The van der Waals surface area contributed by atoms with Crippen molar-refractivity contribution in [3.8, 4) is 17.0 Å². The third-order valence-corrected chi connectivity index (χ3v) is 3.43. The lowest BCUT2D eigenvalue weighted by atomic mass is 10.1. The number of nitrogen functional groups attached to an aromatic ring is 1. The molecule has 2 N–H and O–H groups in total. The molecule has 0 aliphatic rings. The fourth-order valence-electron chi connectivity index (χ4n) is 1.72. The number of nitrogens with zero attached hydrogens (tertiary/aromatic N) is 1. The monoisotopic (exact) mass is 342 g/mol. The van der Waals surface area contributed by atoms with Crippen LogP contribution in [0.25, 0.3) is 11.3 Å². The number of hydrogen-bond acceptors (Lipinski definition) is 6. The summed E-state index contributed by atoms with van der Waals surface area (Å²) in [6, 6.07) is 2.28. The van der Waals surface area contributed by atoms with Crippen molar-refractivity contribution in [3.63, 3.8) is 0 Å². The van der Waals surface area contributed by atoms with Crippen molar-refractivity contribution >= 4 is 22.4 Å². The van der Waals surface area contributed by atoms with Gasteiger partial charge in [0.1, 0.15) is 0 Å². The number of ether oxygens (including phenoxy) is 2. The molecule has 0 aliphatic carbocycles. The lowest BCUT2D eigenvalue weighted by Crippen LogP contribution is -2.18. The van der Waals surface area contributed by atoms with E-state index >= 15 is 0 Å². The first-order valence-electron chi connectivity index (χ1n) is 6.86. The second-order valence-electron chi connectivity index (χ2n) is 5.17. The van der Waals surface area contributed by atoms with E-state index in [2.05, 4.69) is 4.98 Å². The van der Waals surface area contributed by atoms with Gasteiger partial charge in [-0.25, -0.2) is 14.2 Å². The number of nitrogens with two attached hydrogens (primary N) is 1. The van der Waals surface area contributed by atoms with E-state index in [0.717, 1.165) is 17.4 Å². The van der Waals surface area contributed by atoms with Gasteiger partial charge in [0.25, 0.3) is 0 Å². The second kappa shape index (κ2) is 7.36. The van der Waals surface area contributed by atoms with E-state index in [-0.39, 0.29) is 23.2 Å². The Labute approximate surface area is 136 Å². The summed E-state index contributed by atoms with van der Waals surface area (Å²) >= 11 is 1.16. The van der Waals surface area contributed by atoms with Gasteiger partial charge in [0, 0.05) is 10.9 Å². The van der Waals surface area contributed by atoms with Gasteiger partial charge in [0.2, 0.25) is 5.82 Å². The van der Waals surface area contributed by atoms with E-state index in [9.17, 15) is 13.6 Å². The molecule has 8 heteroatoms. The first-order valence-corrected chi connectivity index (χ1v) is 7.74.